The van der Waals surface area contributed by atoms with Crippen molar-refractivity contribution in [2.24, 2.45) is 0 Å². The number of benzene rings is 1. The highest BCUT2D eigenvalue weighted by Gasteiger charge is 2.08. The summed E-state index contributed by atoms with van der Waals surface area (Å²) in [5, 5.41) is 6.50. The normalized spacial score (nSPS) is 12.3. The van der Waals surface area contributed by atoms with E-state index in [4.69, 9.17) is 5.73 Å². The Morgan fingerprint density at radius 1 is 1.44 bits per heavy atom. The topological polar surface area (TPSA) is 50.9 Å². The Morgan fingerprint density at radius 2 is 2.25 bits per heavy atom. The summed E-state index contributed by atoms with van der Waals surface area (Å²) in [5.41, 5.74) is 7.63. The third kappa shape index (κ3) is 2.52. The largest absolute Gasteiger partial charge is 0.397 e. The van der Waals surface area contributed by atoms with Gasteiger partial charge in [0.2, 0.25) is 0 Å². The molecule has 0 radical (unpaired) electrons. The molecule has 0 saturated heterocycles. The second kappa shape index (κ2) is 4.99. The highest BCUT2D eigenvalue weighted by Crippen LogP contribution is 2.21. The zero-order chi connectivity index (χ0) is 11.4. The van der Waals surface area contributed by atoms with E-state index >= 15 is 0 Å². The monoisotopic (exact) mass is 233 g/mol. The van der Waals surface area contributed by atoms with Crippen LogP contribution in [0.15, 0.2) is 35.8 Å². The molecule has 0 fully saturated rings. The third-order valence-electron chi connectivity index (χ3n) is 2.43. The minimum atomic E-state index is 0.402. The summed E-state index contributed by atoms with van der Waals surface area (Å²) in [4.78, 5) is 4.30. The molecule has 1 aromatic carbocycles. The van der Waals surface area contributed by atoms with Crippen LogP contribution < -0.4 is 11.1 Å². The number of nitrogens with two attached hydrogens (primary N) is 1. The minimum Gasteiger partial charge on any atom is -0.397 e. The number of nitrogen functional groups attached to an aromatic ring is 1. The van der Waals surface area contributed by atoms with Crippen LogP contribution in [0.25, 0.3) is 0 Å². The van der Waals surface area contributed by atoms with Gasteiger partial charge in [0.05, 0.1) is 16.4 Å². The highest BCUT2D eigenvalue weighted by molar-refractivity contribution is 7.09. The van der Waals surface area contributed by atoms with Crippen LogP contribution in [0.4, 0.5) is 11.4 Å². The number of aromatic nitrogens is 1. The smallest absolute Gasteiger partial charge is 0.0970 e. The Balaban J connectivity index is 1.95. The fourth-order valence-corrected chi connectivity index (χ4v) is 2.18. The lowest BCUT2D eigenvalue weighted by Crippen LogP contribution is -2.10. The van der Waals surface area contributed by atoms with Gasteiger partial charge in [-0.25, -0.2) is 4.98 Å². The van der Waals surface area contributed by atoms with Crippen LogP contribution >= 0.6 is 11.3 Å². The predicted octanol–water partition coefficient (Wildman–Crippen LogP) is 2.94. The van der Waals surface area contributed by atoms with Crippen molar-refractivity contribution < 1.29 is 0 Å². The summed E-state index contributed by atoms with van der Waals surface area (Å²) in [5.74, 6) is 0.402. The van der Waals surface area contributed by atoms with E-state index < -0.39 is 0 Å². The van der Waals surface area contributed by atoms with Gasteiger partial charge >= 0.3 is 0 Å². The van der Waals surface area contributed by atoms with Gasteiger partial charge in [0.25, 0.3) is 0 Å². The van der Waals surface area contributed by atoms with Crippen LogP contribution in [0.5, 0.6) is 0 Å². The molecule has 0 amide bonds. The third-order valence-corrected chi connectivity index (χ3v) is 3.44. The first-order valence-corrected chi connectivity index (χ1v) is 6.13. The van der Waals surface area contributed by atoms with Gasteiger partial charge in [-0.15, -0.1) is 11.3 Å². The van der Waals surface area contributed by atoms with E-state index in [0.717, 1.165) is 22.9 Å². The van der Waals surface area contributed by atoms with E-state index in [1.54, 1.807) is 11.3 Å². The molecule has 0 saturated carbocycles. The quantitative estimate of drug-likeness (QED) is 0.798. The fourth-order valence-electron chi connectivity index (χ4n) is 1.49. The maximum absolute atomic E-state index is 5.85. The number of hydrogen-bond acceptors (Lipinski definition) is 4. The molecule has 16 heavy (non-hydrogen) atoms. The second-order valence-electron chi connectivity index (χ2n) is 3.74. The lowest BCUT2D eigenvalue weighted by Gasteiger charge is -2.12. The molecule has 1 unspecified atom stereocenters. The van der Waals surface area contributed by atoms with Crippen LogP contribution in [0.1, 0.15) is 17.8 Å². The summed E-state index contributed by atoms with van der Waals surface area (Å²) in [6.07, 6.45) is 1.84. The molecule has 3 N–H and O–H groups in total. The van der Waals surface area contributed by atoms with E-state index in [2.05, 4.69) is 17.2 Å². The molecule has 0 bridgehead atoms. The number of nitrogens with zero attached hydrogens (tertiary/aromatic N) is 1. The van der Waals surface area contributed by atoms with Gasteiger partial charge in [0, 0.05) is 24.0 Å². The second-order valence-corrected chi connectivity index (χ2v) is 4.67. The van der Waals surface area contributed by atoms with Gasteiger partial charge in [0.15, 0.2) is 0 Å². The van der Waals surface area contributed by atoms with Gasteiger partial charge in [-0.2, -0.15) is 0 Å². The van der Waals surface area contributed by atoms with Gasteiger partial charge < -0.3 is 11.1 Å². The molecule has 0 spiro atoms. The summed E-state index contributed by atoms with van der Waals surface area (Å²) >= 11 is 1.69. The van der Waals surface area contributed by atoms with Crippen molar-refractivity contribution in [3.8, 4) is 0 Å². The first kappa shape index (κ1) is 11.0. The van der Waals surface area contributed by atoms with Crippen molar-refractivity contribution in [2.75, 3.05) is 17.6 Å². The molecule has 4 heteroatoms. The first-order valence-electron chi connectivity index (χ1n) is 5.25. The van der Waals surface area contributed by atoms with Gasteiger partial charge in [-0.05, 0) is 12.1 Å². The van der Waals surface area contributed by atoms with Crippen LogP contribution in [0.2, 0.25) is 0 Å². The Kier molecular flexibility index (Phi) is 3.41. The van der Waals surface area contributed by atoms with Crippen LogP contribution in [0, 0.1) is 0 Å². The van der Waals surface area contributed by atoms with Crippen molar-refractivity contribution in [1.82, 2.24) is 4.98 Å². The van der Waals surface area contributed by atoms with Gasteiger partial charge in [-0.1, -0.05) is 19.1 Å². The Morgan fingerprint density at radius 3 is 2.94 bits per heavy atom. The summed E-state index contributed by atoms with van der Waals surface area (Å²) < 4.78 is 0. The standard InChI is InChI=1S/C12H15N3S/c1-9(12-14-6-7-16-12)8-15-11-5-3-2-4-10(11)13/h2-7,9,15H,8,13H2,1H3. The van der Waals surface area contributed by atoms with Gasteiger partial charge in [-0.3, -0.25) is 0 Å². The maximum atomic E-state index is 5.85. The summed E-state index contributed by atoms with van der Waals surface area (Å²) in [7, 11) is 0. The summed E-state index contributed by atoms with van der Waals surface area (Å²) in [6, 6.07) is 7.80. The van der Waals surface area contributed by atoms with Crippen molar-refractivity contribution in [3.05, 3.63) is 40.8 Å². The minimum absolute atomic E-state index is 0.402. The molecule has 84 valence electrons. The first-order chi connectivity index (χ1) is 7.77. The zero-order valence-electron chi connectivity index (χ0n) is 9.18. The Bertz CT molecular complexity index is 439. The lowest BCUT2D eigenvalue weighted by molar-refractivity contribution is 0.795. The average molecular weight is 233 g/mol. The van der Waals surface area contributed by atoms with Gasteiger partial charge in [0.1, 0.15) is 0 Å². The number of hydrogen-bond donors (Lipinski definition) is 2. The van der Waals surface area contributed by atoms with E-state index in [-0.39, 0.29) is 0 Å². The maximum Gasteiger partial charge on any atom is 0.0970 e. The molecule has 0 aliphatic carbocycles. The number of para-hydroxylation sites is 2. The van der Waals surface area contributed by atoms with E-state index in [1.165, 1.54) is 0 Å². The zero-order valence-corrected chi connectivity index (χ0v) is 10.00. The molecule has 0 aliphatic rings. The van der Waals surface area contributed by atoms with E-state index in [9.17, 15) is 0 Å². The molecule has 0 aliphatic heterocycles. The SMILES string of the molecule is CC(CNc1ccccc1N)c1nccs1. The van der Waals surface area contributed by atoms with E-state index in [0.29, 0.717) is 5.92 Å². The molecule has 1 heterocycles. The van der Waals surface area contributed by atoms with Crippen LogP contribution in [-0.4, -0.2) is 11.5 Å². The molecule has 1 atom stereocenters. The number of nitrogens with one attached hydrogen (secondary N) is 1. The number of rotatable bonds is 4. The molecular formula is C12H15N3S. The number of thiazole rings is 1. The molecule has 2 aromatic rings. The summed E-state index contributed by atoms with van der Waals surface area (Å²) in [6.45, 7) is 3.01. The molecule has 2 rings (SSSR count). The fraction of sp³-hybridized carbons (Fsp3) is 0.250. The highest BCUT2D eigenvalue weighted by atomic mass is 32.1. The predicted molar refractivity (Wildman–Crippen MR) is 69.9 cm³/mol. The van der Waals surface area contributed by atoms with E-state index in [1.807, 2.05) is 35.8 Å². The molecule has 3 nitrogen and oxygen atoms in total. The Hall–Kier alpha value is -1.55. The molecule has 1 aromatic heterocycles. The molecular weight excluding hydrogens is 218 g/mol. The average Bonchev–Trinajstić information content (AvgIpc) is 2.81. The van der Waals surface area contributed by atoms with Crippen molar-refractivity contribution in [1.29, 1.82) is 0 Å². The Labute approximate surface area is 99.3 Å². The lowest BCUT2D eigenvalue weighted by atomic mass is 10.2. The number of anilines is 2. The van der Waals surface area contributed by atoms with Crippen molar-refractivity contribution >= 4 is 22.7 Å². The van der Waals surface area contributed by atoms with Crippen LogP contribution in [-0.2, 0) is 0 Å². The van der Waals surface area contributed by atoms with Crippen molar-refractivity contribution in [2.45, 2.75) is 12.8 Å². The van der Waals surface area contributed by atoms with Crippen molar-refractivity contribution in [3.63, 3.8) is 0 Å². The van der Waals surface area contributed by atoms with Crippen LogP contribution in [0.3, 0.4) is 0 Å².